The van der Waals surface area contributed by atoms with E-state index in [1.807, 2.05) is 13.0 Å². The highest BCUT2D eigenvalue weighted by molar-refractivity contribution is 5.49. The summed E-state index contributed by atoms with van der Waals surface area (Å²) in [4.78, 5) is 0. The maximum absolute atomic E-state index is 9.26. The van der Waals surface area contributed by atoms with E-state index in [2.05, 4.69) is 10.2 Å². The van der Waals surface area contributed by atoms with Crippen molar-refractivity contribution >= 4 is 5.69 Å². The molecule has 1 aromatic rings. The van der Waals surface area contributed by atoms with Gasteiger partial charge in [0.15, 0.2) is 0 Å². The minimum absolute atomic E-state index is 0.178. The van der Waals surface area contributed by atoms with E-state index in [9.17, 15) is 5.11 Å². The maximum atomic E-state index is 9.26. The number of nitrogens with zero attached hydrogens (tertiary/aromatic N) is 2. The molecule has 0 spiro atoms. The fraction of sp³-hybridized carbons (Fsp3) is 0.333. The van der Waals surface area contributed by atoms with Crippen molar-refractivity contribution in [3.8, 4) is 5.75 Å². The molecule has 0 heterocycles. The van der Waals surface area contributed by atoms with Crippen LogP contribution in [0, 0.1) is 0 Å². The van der Waals surface area contributed by atoms with Crippen LogP contribution in [0.2, 0.25) is 0 Å². The lowest BCUT2D eigenvalue weighted by molar-refractivity contribution is 0.476. The van der Waals surface area contributed by atoms with Crippen LogP contribution >= 0.6 is 0 Å². The van der Waals surface area contributed by atoms with E-state index >= 15 is 0 Å². The summed E-state index contributed by atoms with van der Waals surface area (Å²) in [5.74, 6) is 0.178. The van der Waals surface area contributed by atoms with Gasteiger partial charge in [-0.1, -0.05) is 19.1 Å². The number of para-hydroxylation sites is 1. The van der Waals surface area contributed by atoms with Gasteiger partial charge in [0, 0.05) is 0 Å². The zero-order valence-corrected chi connectivity index (χ0v) is 7.07. The largest absolute Gasteiger partial charge is 0.506 e. The molecule has 0 bridgehead atoms. The third-order valence-corrected chi connectivity index (χ3v) is 1.38. The van der Waals surface area contributed by atoms with Gasteiger partial charge in [0.25, 0.3) is 0 Å². The smallest absolute Gasteiger partial charge is 0.143 e. The molecule has 1 rings (SSSR count). The maximum Gasteiger partial charge on any atom is 0.143 e. The summed E-state index contributed by atoms with van der Waals surface area (Å²) in [6.07, 6.45) is 0.969. The highest BCUT2D eigenvalue weighted by Crippen LogP contribution is 2.24. The number of phenols is 1. The summed E-state index contributed by atoms with van der Waals surface area (Å²) in [6, 6.07) is 6.91. The Balaban J connectivity index is 2.68. The summed E-state index contributed by atoms with van der Waals surface area (Å²) in [7, 11) is 0. The Morgan fingerprint density at radius 1 is 1.33 bits per heavy atom. The van der Waals surface area contributed by atoms with E-state index in [1.54, 1.807) is 18.2 Å². The highest BCUT2D eigenvalue weighted by atomic mass is 16.3. The second-order valence-electron chi connectivity index (χ2n) is 2.45. The summed E-state index contributed by atoms with van der Waals surface area (Å²) >= 11 is 0. The van der Waals surface area contributed by atoms with Crippen molar-refractivity contribution in [3.05, 3.63) is 24.3 Å². The minimum atomic E-state index is 0.178. The first-order valence-electron chi connectivity index (χ1n) is 4.00. The van der Waals surface area contributed by atoms with Crippen molar-refractivity contribution in [1.82, 2.24) is 0 Å². The predicted molar refractivity (Wildman–Crippen MR) is 47.8 cm³/mol. The molecule has 0 aliphatic carbocycles. The van der Waals surface area contributed by atoms with Gasteiger partial charge in [-0.25, -0.2) is 0 Å². The molecule has 0 aliphatic rings. The predicted octanol–water partition coefficient (Wildman–Crippen LogP) is 2.89. The third kappa shape index (κ3) is 2.34. The number of rotatable bonds is 3. The van der Waals surface area contributed by atoms with Gasteiger partial charge in [-0.15, -0.1) is 0 Å². The summed E-state index contributed by atoms with van der Waals surface area (Å²) < 4.78 is 0. The van der Waals surface area contributed by atoms with Gasteiger partial charge in [0.2, 0.25) is 0 Å². The van der Waals surface area contributed by atoms with Crippen LogP contribution in [0.1, 0.15) is 13.3 Å². The van der Waals surface area contributed by atoms with Gasteiger partial charge in [-0.2, -0.15) is 10.2 Å². The van der Waals surface area contributed by atoms with Gasteiger partial charge < -0.3 is 5.11 Å². The fourth-order valence-corrected chi connectivity index (χ4v) is 0.775. The lowest BCUT2D eigenvalue weighted by Gasteiger charge is -1.94. The zero-order chi connectivity index (χ0) is 8.81. The molecule has 0 aliphatic heterocycles. The SMILES string of the molecule is CCCN=Nc1ccccc1O. The second kappa shape index (κ2) is 4.49. The number of aromatic hydroxyl groups is 1. The van der Waals surface area contributed by atoms with Crippen molar-refractivity contribution < 1.29 is 5.11 Å². The van der Waals surface area contributed by atoms with E-state index < -0.39 is 0 Å². The van der Waals surface area contributed by atoms with Crippen molar-refractivity contribution in [2.45, 2.75) is 13.3 Å². The van der Waals surface area contributed by atoms with Gasteiger partial charge in [-0.05, 0) is 18.6 Å². The van der Waals surface area contributed by atoms with Crippen LogP contribution in [0.4, 0.5) is 5.69 Å². The molecule has 0 radical (unpaired) electrons. The highest BCUT2D eigenvalue weighted by Gasteiger charge is 1.94. The molecule has 3 nitrogen and oxygen atoms in total. The van der Waals surface area contributed by atoms with Crippen LogP contribution in [-0.4, -0.2) is 11.7 Å². The molecule has 1 N–H and O–H groups in total. The van der Waals surface area contributed by atoms with E-state index in [4.69, 9.17) is 0 Å². The molecule has 12 heavy (non-hydrogen) atoms. The van der Waals surface area contributed by atoms with Gasteiger partial charge >= 0.3 is 0 Å². The molecule has 0 saturated carbocycles. The first kappa shape index (κ1) is 8.71. The molecule has 1 aromatic carbocycles. The fourth-order valence-electron chi connectivity index (χ4n) is 0.775. The Morgan fingerprint density at radius 2 is 2.08 bits per heavy atom. The van der Waals surface area contributed by atoms with Crippen molar-refractivity contribution in [2.24, 2.45) is 10.2 Å². The van der Waals surface area contributed by atoms with Crippen molar-refractivity contribution in [3.63, 3.8) is 0 Å². The zero-order valence-electron chi connectivity index (χ0n) is 7.07. The van der Waals surface area contributed by atoms with Crippen LogP contribution in [0.3, 0.4) is 0 Å². The Morgan fingerprint density at radius 3 is 2.75 bits per heavy atom. The quantitative estimate of drug-likeness (QED) is 0.686. The first-order chi connectivity index (χ1) is 5.84. The molecular weight excluding hydrogens is 152 g/mol. The monoisotopic (exact) mass is 164 g/mol. The Bertz CT molecular complexity index is 271. The molecule has 0 aromatic heterocycles. The molecular formula is C9H12N2O. The van der Waals surface area contributed by atoms with E-state index in [1.165, 1.54) is 0 Å². The lowest BCUT2D eigenvalue weighted by atomic mass is 10.3. The first-order valence-corrected chi connectivity index (χ1v) is 4.00. The van der Waals surface area contributed by atoms with Gasteiger partial charge in [-0.3, -0.25) is 0 Å². The van der Waals surface area contributed by atoms with Crippen LogP contribution in [0.15, 0.2) is 34.5 Å². The van der Waals surface area contributed by atoms with Gasteiger partial charge in [0.1, 0.15) is 11.4 Å². The number of phenolic OH excluding ortho intramolecular Hbond substituents is 1. The van der Waals surface area contributed by atoms with Crippen LogP contribution < -0.4 is 0 Å². The molecule has 0 saturated heterocycles. The number of hydrogen-bond donors (Lipinski definition) is 1. The molecule has 0 fully saturated rings. The standard InChI is InChI=1S/C9H12N2O/c1-2-7-10-11-8-5-3-4-6-9(8)12/h3-6,12H,2,7H2,1H3. The Hall–Kier alpha value is -1.38. The molecule has 0 unspecified atom stereocenters. The van der Waals surface area contributed by atoms with Crippen molar-refractivity contribution in [1.29, 1.82) is 0 Å². The Labute approximate surface area is 71.8 Å². The van der Waals surface area contributed by atoms with Crippen molar-refractivity contribution in [2.75, 3.05) is 6.54 Å². The normalized spacial score (nSPS) is 10.8. The second-order valence-corrected chi connectivity index (χ2v) is 2.45. The minimum Gasteiger partial charge on any atom is -0.506 e. The summed E-state index contributed by atoms with van der Waals surface area (Å²) in [6.45, 7) is 2.73. The number of azo groups is 1. The van der Waals surface area contributed by atoms with E-state index in [-0.39, 0.29) is 5.75 Å². The van der Waals surface area contributed by atoms with E-state index in [0.29, 0.717) is 12.2 Å². The number of benzene rings is 1. The molecule has 0 amide bonds. The van der Waals surface area contributed by atoms with Crippen LogP contribution in [0.25, 0.3) is 0 Å². The van der Waals surface area contributed by atoms with Crippen LogP contribution in [0.5, 0.6) is 5.75 Å². The molecule has 64 valence electrons. The van der Waals surface area contributed by atoms with Crippen LogP contribution in [-0.2, 0) is 0 Å². The topological polar surface area (TPSA) is 45.0 Å². The average molecular weight is 164 g/mol. The average Bonchev–Trinajstić information content (AvgIpc) is 2.09. The lowest BCUT2D eigenvalue weighted by Crippen LogP contribution is -1.71. The summed E-state index contributed by atoms with van der Waals surface area (Å²) in [5, 5.41) is 17.0. The van der Waals surface area contributed by atoms with E-state index in [0.717, 1.165) is 6.42 Å². The number of hydrogen-bond acceptors (Lipinski definition) is 3. The molecule has 3 heteroatoms. The van der Waals surface area contributed by atoms with Gasteiger partial charge in [0.05, 0.1) is 6.54 Å². The molecule has 0 atom stereocenters. The Kier molecular flexibility index (Phi) is 3.26. The third-order valence-electron chi connectivity index (χ3n) is 1.38. The summed E-state index contributed by atoms with van der Waals surface area (Å²) in [5.41, 5.74) is 0.533.